The van der Waals surface area contributed by atoms with Crippen LogP contribution < -0.4 is 15.0 Å². The highest BCUT2D eigenvalue weighted by molar-refractivity contribution is 5.39. The van der Waals surface area contributed by atoms with Crippen LogP contribution >= 0.6 is 0 Å². The van der Waals surface area contributed by atoms with Gasteiger partial charge in [-0.1, -0.05) is 6.42 Å². The average molecular weight is 292 g/mol. The quantitative estimate of drug-likeness (QED) is 0.887. The Morgan fingerprint density at radius 1 is 1.19 bits per heavy atom. The van der Waals surface area contributed by atoms with Gasteiger partial charge in [0.1, 0.15) is 0 Å². The van der Waals surface area contributed by atoms with E-state index in [4.69, 9.17) is 4.74 Å². The SMILES string of the molecule is CCOc1nc(NC)nc(N2CCN3CCCCC3C2)n1. The number of piperidine rings is 1. The average Bonchev–Trinajstić information content (AvgIpc) is 2.54. The van der Waals surface area contributed by atoms with E-state index in [1.54, 1.807) is 0 Å². The van der Waals surface area contributed by atoms with E-state index in [-0.39, 0.29) is 0 Å². The highest BCUT2D eigenvalue weighted by Gasteiger charge is 2.30. The van der Waals surface area contributed by atoms with Crippen molar-refractivity contribution in [3.63, 3.8) is 0 Å². The summed E-state index contributed by atoms with van der Waals surface area (Å²) in [6, 6.07) is 1.04. The summed E-state index contributed by atoms with van der Waals surface area (Å²) in [6.45, 7) is 6.79. The van der Waals surface area contributed by atoms with E-state index in [1.807, 2.05) is 14.0 Å². The van der Waals surface area contributed by atoms with E-state index in [0.717, 1.165) is 25.6 Å². The van der Waals surface area contributed by atoms with Gasteiger partial charge in [-0.3, -0.25) is 4.90 Å². The van der Waals surface area contributed by atoms with Crippen molar-refractivity contribution in [3.8, 4) is 6.01 Å². The predicted octanol–water partition coefficient (Wildman–Crippen LogP) is 0.986. The number of piperazine rings is 1. The van der Waals surface area contributed by atoms with Crippen LogP contribution in [0, 0.1) is 0 Å². The van der Waals surface area contributed by atoms with E-state index in [2.05, 4.69) is 30.1 Å². The Labute approximate surface area is 125 Å². The van der Waals surface area contributed by atoms with Crippen LogP contribution in [0.2, 0.25) is 0 Å². The number of fused-ring (bicyclic) bond motifs is 1. The number of nitrogens with one attached hydrogen (secondary N) is 1. The molecule has 0 radical (unpaired) electrons. The Bertz CT molecular complexity index is 483. The summed E-state index contributed by atoms with van der Waals surface area (Å²) >= 11 is 0. The summed E-state index contributed by atoms with van der Waals surface area (Å²) in [5.41, 5.74) is 0. The number of anilines is 2. The minimum Gasteiger partial charge on any atom is -0.464 e. The zero-order chi connectivity index (χ0) is 14.7. The summed E-state index contributed by atoms with van der Waals surface area (Å²) in [7, 11) is 1.81. The molecule has 7 nitrogen and oxygen atoms in total. The molecule has 0 bridgehead atoms. The summed E-state index contributed by atoms with van der Waals surface area (Å²) < 4.78 is 5.45. The van der Waals surface area contributed by atoms with E-state index < -0.39 is 0 Å². The second-order valence-electron chi connectivity index (χ2n) is 5.56. The molecule has 1 atom stereocenters. The minimum absolute atomic E-state index is 0.401. The number of hydrogen-bond acceptors (Lipinski definition) is 7. The number of hydrogen-bond donors (Lipinski definition) is 1. The topological polar surface area (TPSA) is 66.4 Å². The molecule has 0 saturated carbocycles. The third-order valence-corrected chi connectivity index (χ3v) is 4.22. The first kappa shape index (κ1) is 14.3. The summed E-state index contributed by atoms with van der Waals surface area (Å²) in [4.78, 5) is 18.0. The lowest BCUT2D eigenvalue weighted by Crippen LogP contribution is -2.55. The predicted molar refractivity (Wildman–Crippen MR) is 82.0 cm³/mol. The summed E-state index contributed by atoms with van der Waals surface area (Å²) in [5.74, 6) is 1.29. The molecule has 21 heavy (non-hydrogen) atoms. The molecular weight excluding hydrogens is 268 g/mol. The monoisotopic (exact) mass is 292 g/mol. The zero-order valence-electron chi connectivity index (χ0n) is 12.9. The molecule has 1 unspecified atom stereocenters. The first-order chi connectivity index (χ1) is 10.3. The minimum atomic E-state index is 0.401. The lowest BCUT2D eigenvalue weighted by molar-refractivity contribution is 0.132. The van der Waals surface area contributed by atoms with Crippen LogP contribution in [-0.4, -0.2) is 65.7 Å². The molecule has 2 aliphatic rings. The van der Waals surface area contributed by atoms with E-state index in [9.17, 15) is 0 Å². The molecule has 2 saturated heterocycles. The molecule has 0 spiro atoms. The second kappa shape index (κ2) is 6.43. The van der Waals surface area contributed by atoms with Gasteiger partial charge >= 0.3 is 6.01 Å². The van der Waals surface area contributed by atoms with Crippen molar-refractivity contribution in [3.05, 3.63) is 0 Å². The second-order valence-corrected chi connectivity index (χ2v) is 5.56. The Kier molecular flexibility index (Phi) is 4.38. The third-order valence-electron chi connectivity index (χ3n) is 4.22. The Hall–Kier alpha value is -1.63. The van der Waals surface area contributed by atoms with Crippen molar-refractivity contribution in [2.75, 3.05) is 50.1 Å². The Morgan fingerprint density at radius 3 is 2.90 bits per heavy atom. The smallest absolute Gasteiger partial charge is 0.323 e. The van der Waals surface area contributed by atoms with Crippen LogP contribution in [0.3, 0.4) is 0 Å². The van der Waals surface area contributed by atoms with Gasteiger partial charge in [-0.2, -0.15) is 15.0 Å². The molecule has 1 aromatic heterocycles. The van der Waals surface area contributed by atoms with Crippen molar-refractivity contribution in [2.24, 2.45) is 0 Å². The molecule has 1 aromatic rings. The molecular formula is C14H24N6O. The standard InChI is InChI=1S/C14H24N6O/c1-3-21-14-17-12(15-2)16-13(18-14)20-9-8-19-7-5-4-6-11(19)10-20/h11H,3-10H2,1-2H3,(H,15,16,17,18). The molecule has 2 aliphatic heterocycles. The van der Waals surface area contributed by atoms with Gasteiger partial charge in [0.25, 0.3) is 0 Å². The molecule has 0 amide bonds. The molecule has 2 fully saturated rings. The lowest BCUT2D eigenvalue weighted by Gasteiger charge is -2.44. The molecule has 3 heterocycles. The van der Waals surface area contributed by atoms with Gasteiger partial charge in [-0.25, -0.2) is 0 Å². The first-order valence-corrected chi connectivity index (χ1v) is 7.85. The fourth-order valence-electron chi connectivity index (χ4n) is 3.13. The molecule has 116 valence electrons. The number of nitrogens with zero attached hydrogens (tertiary/aromatic N) is 5. The van der Waals surface area contributed by atoms with Gasteiger partial charge in [0, 0.05) is 32.7 Å². The normalized spacial score (nSPS) is 22.8. The zero-order valence-corrected chi connectivity index (χ0v) is 12.9. The fourth-order valence-corrected chi connectivity index (χ4v) is 3.13. The van der Waals surface area contributed by atoms with Gasteiger partial charge in [0.2, 0.25) is 11.9 Å². The van der Waals surface area contributed by atoms with E-state index >= 15 is 0 Å². The van der Waals surface area contributed by atoms with Crippen molar-refractivity contribution in [2.45, 2.75) is 32.2 Å². The highest BCUT2D eigenvalue weighted by atomic mass is 16.5. The molecule has 1 N–H and O–H groups in total. The van der Waals surface area contributed by atoms with Crippen molar-refractivity contribution < 1.29 is 4.74 Å². The lowest BCUT2D eigenvalue weighted by atomic mass is 10.00. The van der Waals surface area contributed by atoms with Crippen molar-refractivity contribution in [1.29, 1.82) is 0 Å². The highest BCUT2D eigenvalue weighted by Crippen LogP contribution is 2.24. The van der Waals surface area contributed by atoms with Crippen LogP contribution in [0.15, 0.2) is 0 Å². The van der Waals surface area contributed by atoms with Gasteiger partial charge in [0.05, 0.1) is 6.61 Å². The largest absolute Gasteiger partial charge is 0.464 e. The summed E-state index contributed by atoms with van der Waals surface area (Å²) in [6.07, 6.45) is 3.94. The molecule has 3 rings (SSSR count). The van der Waals surface area contributed by atoms with Crippen LogP contribution in [-0.2, 0) is 0 Å². The number of rotatable bonds is 4. The van der Waals surface area contributed by atoms with Crippen LogP contribution in [0.1, 0.15) is 26.2 Å². The maximum Gasteiger partial charge on any atom is 0.323 e. The number of aromatic nitrogens is 3. The first-order valence-electron chi connectivity index (χ1n) is 7.85. The van der Waals surface area contributed by atoms with Crippen molar-refractivity contribution >= 4 is 11.9 Å². The van der Waals surface area contributed by atoms with Gasteiger partial charge in [0.15, 0.2) is 0 Å². The van der Waals surface area contributed by atoms with Crippen LogP contribution in [0.25, 0.3) is 0 Å². The van der Waals surface area contributed by atoms with E-state index in [0.29, 0.717) is 24.6 Å². The summed E-state index contributed by atoms with van der Waals surface area (Å²) in [5, 5.41) is 2.98. The van der Waals surface area contributed by atoms with Gasteiger partial charge < -0.3 is 15.0 Å². The van der Waals surface area contributed by atoms with Crippen LogP contribution in [0.5, 0.6) is 6.01 Å². The molecule has 7 heteroatoms. The molecule has 0 aliphatic carbocycles. The van der Waals surface area contributed by atoms with Gasteiger partial charge in [-0.05, 0) is 26.3 Å². The maximum absolute atomic E-state index is 5.45. The Morgan fingerprint density at radius 2 is 2.10 bits per heavy atom. The number of ether oxygens (including phenoxy) is 1. The van der Waals surface area contributed by atoms with E-state index in [1.165, 1.54) is 25.8 Å². The van der Waals surface area contributed by atoms with Gasteiger partial charge in [-0.15, -0.1) is 0 Å². The molecule has 0 aromatic carbocycles. The Balaban J connectivity index is 1.77. The van der Waals surface area contributed by atoms with Crippen LogP contribution in [0.4, 0.5) is 11.9 Å². The van der Waals surface area contributed by atoms with Crippen molar-refractivity contribution in [1.82, 2.24) is 19.9 Å². The fraction of sp³-hybridized carbons (Fsp3) is 0.786. The maximum atomic E-state index is 5.45. The third kappa shape index (κ3) is 3.18.